The number of hydrogen-bond donors (Lipinski definition) is 2. The van der Waals surface area contributed by atoms with Crippen LogP contribution in [0.5, 0.6) is 0 Å². The first-order chi connectivity index (χ1) is 13.9. The van der Waals surface area contributed by atoms with Gasteiger partial charge >= 0.3 is 0 Å². The Bertz CT molecular complexity index is 1190. The fourth-order valence-electron chi connectivity index (χ4n) is 3.21. The third kappa shape index (κ3) is 3.74. The van der Waals surface area contributed by atoms with Gasteiger partial charge in [0.1, 0.15) is 6.73 Å². The summed E-state index contributed by atoms with van der Waals surface area (Å²) in [6, 6.07) is 15.1. The van der Waals surface area contributed by atoms with Gasteiger partial charge in [-0.1, -0.05) is 23.7 Å². The quantitative estimate of drug-likeness (QED) is 0.618. The molecule has 0 bridgehead atoms. The van der Waals surface area contributed by atoms with Gasteiger partial charge in [-0.15, -0.1) is 0 Å². The molecule has 1 amide bonds. The fourth-order valence-corrected chi connectivity index (χ4v) is 4.71. The molecule has 0 unspecified atom stereocenters. The van der Waals surface area contributed by atoms with E-state index in [9.17, 15) is 13.2 Å². The molecule has 0 aromatic heterocycles. The Labute approximate surface area is 173 Å². The minimum atomic E-state index is -3.41. The van der Waals surface area contributed by atoms with Gasteiger partial charge < -0.3 is 15.8 Å². The highest BCUT2D eigenvalue weighted by molar-refractivity contribution is 7.92. The number of sulfonamides is 1. The first-order valence-corrected chi connectivity index (χ1v) is 10.8. The van der Waals surface area contributed by atoms with Crippen molar-refractivity contribution in [3.05, 3.63) is 65.2 Å². The molecular weight excluding hydrogens is 414 g/mol. The van der Waals surface area contributed by atoms with Crippen LogP contribution in [0.15, 0.2) is 54.6 Å². The summed E-state index contributed by atoms with van der Waals surface area (Å²) >= 11 is 6.25. The fraction of sp³-hybridized carbons (Fsp3) is 0.150. The van der Waals surface area contributed by atoms with Gasteiger partial charge in [0, 0.05) is 27.7 Å². The number of carbonyl (C=O) groups excluding carboxylic acids is 1. The van der Waals surface area contributed by atoms with E-state index in [-0.39, 0.29) is 25.0 Å². The molecule has 150 valence electrons. The van der Waals surface area contributed by atoms with E-state index in [1.165, 1.54) is 4.31 Å². The van der Waals surface area contributed by atoms with Crippen molar-refractivity contribution in [1.82, 2.24) is 0 Å². The van der Waals surface area contributed by atoms with Crippen molar-refractivity contribution in [3.8, 4) is 0 Å². The van der Waals surface area contributed by atoms with Crippen molar-refractivity contribution in [2.24, 2.45) is 0 Å². The Morgan fingerprint density at radius 3 is 2.59 bits per heavy atom. The topological polar surface area (TPSA) is 102 Å². The summed E-state index contributed by atoms with van der Waals surface area (Å²) in [6.45, 7) is 0.144. The highest BCUT2D eigenvalue weighted by atomic mass is 35.5. The van der Waals surface area contributed by atoms with Crippen LogP contribution >= 0.6 is 11.6 Å². The second-order valence-corrected chi connectivity index (χ2v) is 8.99. The lowest BCUT2D eigenvalue weighted by Crippen LogP contribution is -2.41. The Kier molecular flexibility index (Phi) is 5.08. The number of hydrogen-bond acceptors (Lipinski definition) is 5. The molecule has 0 radical (unpaired) electrons. The normalized spacial score (nSPS) is 16.0. The molecule has 7 nitrogen and oxygen atoms in total. The lowest BCUT2D eigenvalue weighted by Gasteiger charge is -2.28. The van der Waals surface area contributed by atoms with Gasteiger partial charge in [0.2, 0.25) is 10.0 Å². The van der Waals surface area contributed by atoms with Crippen molar-refractivity contribution in [2.75, 3.05) is 34.4 Å². The first kappa shape index (κ1) is 19.5. The Hall–Kier alpha value is -2.81. The van der Waals surface area contributed by atoms with E-state index < -0.39 is 10.0 Å². The van der Waals surface area contributed by atoms with Gasteiger partial charge in [-0.2, -0.15) is 0 Å². The lowest BCUT2D eigenvalue weighted by molar-refractivity contribution is 0.102. The zero-order valence-electron chi connectivity index (χ0n) is 15.3. The van der Waals surface area contributed by atoms with Gasteiger partial charge in [-0.25, -0.2) is 12.7 Å². The summed E-state index contributed by atoms with van der Waals surface area (Å²) in [5.74, 6) is -0.400. The van der Waals surface area contributed by atoms with Gasteiger partial charge in [0.05, 0.1) is 23.1 Å². The summed E-state index contributed by atoms with van der Waals surface area (Å²) < 4.78 is 30.8. The summed E-state index contributed by atoms with van der Waals surface area (Å²) in [6.07, 6.45) is 0. The Balaban J connectivity index is 1.59. The van der Waals surface area contributed by atoms with Gasteiger partial charge in [-0.3, -0.25) is 4.79 Å². The van der Waals surface area contributed by atoms with Crippen molar-refractivity contribution in [2.45, 2.75) is 0 Å². The monoisotopic (exact) mass is 431 g/mol. The summed E-state index contributed by atoms with van der Waals surface area (Å²) in [7, 11) is -3.41. The van der Waals surface area contributed by atoms with Crippen molar-refractivity contribution in [1.29, 1.82) is 0 Å². The molecule has 1 aliphatic heterocycles. The number of nitrogens with zero attached hydrogens (tertiary/aromatic N) is 1. The second-order valence-electron chi connectivity index (χ2n) is 6.57. The maximum absolute atomic E-state index is 12.7. The Morgan fingerprint density at radius 1 is 1.10 bits per heavy atom. The third-order valence-electron chi connectivity index (χ3n) is 4.72. The van der Waals surface area contributed by atoms with E-state index in [0.717, 1.165) is 5.39 Å². The third-order valence-corrected chi connectivity index (χ3v) is 6.70. The lowest BCUT2D eigenvalue weighted by atomic mass is 10.1. The molecular formula is C20H18ClN3O4S. The summed E-state index contributed by atoms with van der Waals surface area (Å²) in [5.41, 5.74) is 7.96. The molecule has 0 atom stereocenters. The average molecular weight is 432 g/mol. The Morgan fingerprint density at radius 2 is 1.86 bits per heavy atom. The molecule has 3 aromatic carbocycles. The van der Waals surface area contributed by atoms with E-state index in [1.54, 1.807) is 48.5 Å². The van der Waals surface area contributed by atoms with Gasteiger partial charge in [-0.05, 0) is 42.5 Å². The van der Waals surface area contributed by atoms with E-state index >= 15 is 0 Å². The van der Waals surface area contributed by atoms with Crippen molar-refractivity contribution < 1.29 is 17.9 Å². The van der Waals surface area contributed by atoms with E-state index in [4.69, 9.17) is 22.1 Å². The molecule has 3 aromatic rings. The van der Waals surface area contributed by atoms with Crippen LogP contribution in [0, 0.1) is 0 Å². The molecule has 3 N–H and O–H groups in total. The summed E-state index contributed by atoms with van der Waals surface area (Å²) in [5, 5.41) is 4.78. The number of rotatable bonds is 3. The zero-order valence-corrected chi connectivity index (χ0v) is 16.8. The number of fused-ring (bicyclic) bond motifs is 1. The molecule has 1 aliphatic rings. The first-order valence-electron chi connectivity index (χ1n) is 8.83. The second kappa shape index (κ2) is 7.55. The molecule has 9 heteroatoms. The SMILES string of the molecule is Nc1cccc2c(NC(=O)c3ccc(N4COCCS4(=O)=O)cc3)ccc(Cl)c12. The number of amides is 1. The van der Waals surface area contributed by atoms with Gasteiger partial charge in [0.15, 0.2) is 0 Å². The predicted molar refractivity (Wildman–Crippen MR) is 115 cm³/mol. The molecule has 0 saturated carbocycles. The standard InChI is InChI=1S/C20H18ClN3O4S/c21-16-8-9-18(15-2-1-3-17(22)19(15)16)23-20(25)13-4-6-14(7-5-13)24-12-28-10-11-29(24,26)27/h1-9H,10-12,22H2,(H,23,25). The molecule has 29 heavy (non-hydrogen) atoms. The van der Waals surface area contributed by atoms with Crippen LogP contribution in [0.1, 0.15) is 10.4 Å². The number of nitrogens with one attached hydrogen (secondary N) is 1. The largest absolute Gasteiger partial charge is 0.398 e. The molecule has 4 rings (SSSR count). The molecule has 1 fully saturated rings. The number of nitrogens with two attached hydrogens (primary N) is 1. The van der Waals surface area contributed by atoms with E-state index in [0.29, 0.717) is 33.0 Å². The van der Waals surface area contributed by atoms with Crippen LogP contribution in [0.25, 0.3) is 10.8 Å². The van der Waals surface area contributed by atoms with E-state index in [2.05, 4.69) is 5.32 Å². The van der Waals surface area contributed by atoms with Crippen LogP contribution in [0.2, 0.25) is 5.02 Å². The minimum absolute atomic E-state index is 0.0357. The number of anilines is 3. The van der Waals surface area contributed by atoms with Crippen LogP contribution < -0.4 is 15.4 Å². The van der Waals surface area contributed by atoms with Crippen LogP contribution in [0.4, 0.5) is 17.1 Å². The van der Waals surface area contributed by atoms with Crippen LogP contribution in [0.3, 0.4) is 0 Å². The molecule has 0 aliphatic carbocycles. The maximum atomic E-state index is 12.7. The number of halogens is 1. The highest BCUT2D eigenvalue weighted by Crippen LogP contribution is 2.34. The predicted octanol–water partition coefficient (Wildman–Crippen LogP) is 3.45. The maximum Gasteiger partial charge on any atom is 0.255 e. The number of ether oxygens (including phenoxy) is 1. The average Bonchev–Trinajstić information content (AvgIpc) is 2.70. The highest BCUT2D eigenvalue weighted by Gasteiger charge is 2.26. The van der Waals surface area contributed by atoms with Crippen molar-refractivity contribution in [3.63, 3.8) is 0 Å². The van der Waals surface area contributed by atoms with E-state index in [1.807, 2.05) is 6.07 Å². The molecule has 0 spiro atoms. The molecule has 1 saturated heterocycles. The summed E-state index contributed by atoms with van der Waals surface area (Å²) in [4.78, 5) is 12.7. The van der Waals surface area contributed by atoms with Crippen LogP contribution in [-0.2, 0) is 14.8 Å². The smallest absolute Gasteiger partial charge is 0.255 e. The van der Waals surface area contributed by atoms with Crippen LogP contribution in [-0.4, -0.2) is 33.4 Å². The van der Waals surface area contributed by atoms with Gasteiger partial charge in [0.25, 0.3) is 5.91 Å². The van der Waals surface area contributed by atoms with Crippen molar-refractivity contribution >= 4 is 55.4 Å². The minimum Gasteiger partial charge on any atom is -0.398 e. The zero-order chi connectivity index (χ0) is 20.6. The molecule has 1 heterocycles. The number of carbonyl (C=O) groups is 1. The number of benzene rings is 3. The number of nitrogen functional groups attached to an aromatic ring is 1.